The number of likely N-dealkylation sites (tertiary alicyclic amines) is 1. The van der Waals surface area contributed by atoms with Crippen LogP contribution < -0.4 is 16.1 Å². The van der Waals surface area contributed by atoms with Gasteiger partial charge in [0.25, 0.3) is 5.56 Å². The smallest absolute Gasteiger partial charge is 0.332 e. The normalized spacial score (nSPS) is 18.7. The van der Waals surface area contributed by atoms with Crippen LogP contribution in [0.25, 0.3) is 0 Å². The number of hydrogen-bond donors (Lipinski definition) is 0. The molecule has 26 heavy (non-hydrogen) atoms. The lowest BCUT2D eigenvalue weighted by molar-refractivity contribution is -0.137. The Kier molecular flexibility index (Phi) is 5.16. The van der Waals surface area contributed by atoms with Gasteiger partial charge in [-0.15, -0.1) is 0 Å². The molecule has 0 unspecified atom stereocenters. The minimum atomic E-state index is -0.572. The van der Waals surface area contributed by atoms with Crippen LogP contribution in [-0.2, 0) is 18.9 Å². The summed E-state index contributed by atoms with van der Waals surface area (Å²) in [4.78, 5) is 41.0. The molecule has 1 aromatic rings. The molecule has 0 N–H and O–H groups in total. The van der Waals surface area contributed by atoms with Gasteiger partial charge >= 0.3 is 5.69 Å². The summed E-state index contributed by atoms with van der Waals surface area (Å²) in [6, 6.07) is 1.95. The van der Waals surface area contributed by atoms with Gasteiger partial charge in [0.05, 0.1) is 0 Å². The molecule has 3 heterocycles. The first-order valence-corrected chi connectivity index (χ1v) is 9.19. The highest BCUT2D eigenvalue weighted by atomic mass is 16.2. The summed E-state index contributed by atoms with van der Waals surface area (Å²) in [6.07, 6.45) is 4.68. The van der Waals surface area contributed by atoms with Crippen molar-refractivity contribution in [2.45, 2.75) is 32.1 Å². The molecular weight excluding hydrogens is 334 g/mol. The summed E-state index contributed by atoms with van der Waals surface area (Å²) in [5, 5.41) is 9.41. The fourth-order valence-corrected chi connectivity index (χ4v) is 4.01. The molecule has 1 amide bonds. The van der Waals surface area contributed by atoms with Crippen molar-refractivity contribution < 1.29 is 4.79 Å². The van der Waals surface area contributed by atoms with E-state index in [4.69, 9.17) is 0 Å². The van der Waals surface area contributed by atoms with Crippen LogP contribution in [0.3, 0.4) is 0 Å². The number of hydrogen-bond acceptors (Lipinski definition) is 5. The summed E-state index contributed by atoms with van der Waals surface area (Å²) in [6.45, 7) is 2.81. The molecular formula is C18H25N5O3. The fourth-order valence-electron chi connectivity index (χ4n) is 4.01. The Labute approximate surface area is 152 Å². The van der Waals surface area contributed by atoms with Crippen molar-refractivity contribution in [3.63, 3.8) is 0 Å². The monoisotopic (exact) mass is 359 g/mol. The Morgan fingerprint density at radius 3 is 2.19 bits per heavy atom. The molecule has 0 radical (unpaired) electrons. The van der Waals surface area contributed by atoms with Crippen molar-refractivity contribution in [1.82, 2.24) is 14.0 Å². The van der Waals surface area contributed by atoms with E-state index in [2.05, 4.69) is 0 Å². The zero-order chi connectivity index (χ0) is 18.8. The molecule has 0 saturated carbocycles. The number of piperidine rings is 2. The number of carbonyl (C=O) groups is 1. The Morgan fingerprint density at radius 1 is 1.00 bits per heavy atom. The van der Waals surface area contributed by atoms with E-state index >= 15 is 0 Å². The largest absolute Gasteiger partial charge is 0.357 e. The second-order valence-electron chi connectivity index (χ2n) is 7.16. The lowest BCUT2D eigenvalue weighted by Gasteiger charge is -2.37. The zero-order valence-electron chi connectivity index (χ0n) is 15.4. The average Bonchev–Trinajstić information content (AvgIpc) is 2.69. The van der Waals surface area contributed by atoms with Gasteiger partial charge in [-0.05, 0) is 32.1 Å². The Hall–Kier alpha value is -2.56. The molecule has 2 aliphatic heterocycles. The molecule has 1 aromatic heterocycles. The lowest BCUT2D eigenvalue weighted by Crippen LogP contribution is -2.47. The minimum absolute atomic E-state index is 0.0153. The van der Waals surface area contributed by atoms with Gasteiger partial charge in [0.1, 0.15) is 11.9 Å². The van der Waals surface area contributed by atoms with E-state index in [1.165, 1.54) is 18.0 Å². The Morgan fingerprint density at radius 2 is 1.62 bits per heavy atom. The molecule has 0 atom stereocenters. The maximum atomic E-state index is 12.7. The van der Waals surface area contributed by atoms with E-state index < -0.39 is 11.2 Å². The van der Waals surface area contributed by atoms with Crippen molar-refractivity contribution >= 4 is 11.7 Å². The Bertz CT molecular complexity index is 849. The molecule has 2 fully saturated rings. The first-order chi connectivity index (χ1) is 12.5. The van der Waals surface area contributed by atoms with Crippen LogP contribution in [0.15, 0.2) is 9.59 Å². The van der Waals surface area contributed by atoms with E-state index in [0.29, 0.717) is 31.7 Å². The van der Waals surface area contributed by atoms with E-state index in [1.807, 2.05) is 15.9 Å². The van der Waals surface area contributed by atoms with E-state index in [9.17, 15) is 19.6 Å². The van der Waals surface area contributed by atoms with Gasteiger partial charge in [0.15, 0.2) is 5.56 Å². The van der Waals surface area contributed by atoms with Crippen LogP contribution in [0.4, 0.5) is 5.82 Å². The van der Waals surface area contributed by atoms with Crippen molar-refractivity contribution in [2.24, 2.45) is 20.0 Å². The molecule has 8 nitrogen and oxygen atoms in total. The number of anilines is 1. The molecule has 0 spiro atoms. The average molecular weight is 359 g/mol. The third-order valence-electron chi connectivity index (χ3n) is 5.56. The molecule has 0 aromatic carbocycles. The van der Waals surface area contributed by atoms with Crippen LogP contribution in [0, 0.1) is 17.2 Å². The summed E-state index contributed by atoms with van der Waals surface area (Å²) in [5.41, 5.74) is -1.04. The zero-order valence-corrected chi connectivity index (χ0v) is 15.4. The number of amides is 1. The van der Waals surface area contributed by atoms with Gasteiger partial charge in [0, 0.05) is 46.2 Å². The van der Waals surface area contributed by atoms with Crippen molar-refractivity contribution in [3.05, 3.63) is 26.4 Å². The fraction of sp³-hybridized carbons (Fsp3) is 0.667. The van der Waals surface area contributed by atoms with Gasteiger partial charge in [-0.25, -0.2) is 4.79 Å². The van der Waals surface area contributed by atoms with Gasteiger partial charge in [-0.1, -0.05) is 0 Å². The van der Waals surface area contributed by atoms with Gasteiger partial charge in [-0.3, -0.25) is 18.7 Å². The molecule has 3 rings (SSSR count). The van der Waals surface area contributed by atoms with E-state index in [-0.39, 0.29) is 17.4 Å². The predicted octanol–water partition coefficient (Wildman–Crippen LogP) is 0.185. The number of rotatable bonds is 2. The standard InChI is InChI=1S/C18H25N5O3/c1-20-15(14(12-19)17(25)21(2)18(20)26)22-10-6-13(7-11-22)16(24)23-8-4-3-5-9-23/h13H,3-11H2,1-2H3. The van der Waals surface area contributed by atoms with Gasteiger partial charge in [0.2, 0.25) is 5.91 Å². The summed E-state index contributed by atoms with van der Waals surface area (Å²) >= 11 is 0. The summed E-state index contributed by atoms with van der Waals surface area (Å²) in [5.74, 6) is 0.575. The first kappa shape index (κ1) is 18.2. The Balaban J connectivity index is 1.79. The summed E-state index contributed by atoms with van der Waals surface area (Å²) in [7, 11) is 2.95. The molecule has 2 aliphatic rings. The van der Waals surface area contributed by atoms with Crippen molar-refractivity contribution in [2.75, 3.05) is 31.1 Å². The number of carbonyl (C=O) groups excluding carboxylic acids is 1. The van der Waals surface area contributed by atoms with Crippen LogP contribution in [0.2, 0.25) is 0 Å². The number of aromatic nitrogens is 2. The van der Waals surface area contributed by atoms with Crippen LogP contribution in [0.5, 0.6) is 0 Å². The predicted molar refractivity (Wildman–Crippen MR) is 97.0 cm³/mol. The van der Waals surface area contributed by atoms with Gasteiger partial charge < -0.3 is 9.80 Å². The number of nitriles is 1. The second-order valence-corrected chi connectivity index (χ2v) is 7.16. The van der Waals surface area contributed by atoms with Gasteiger partial charge in [-0.2, -0.15) is 5.26 Å². The van der Waals surface area contributed by atoms with Crippen LogP contribution in [-0.4, -0.2) is 46.1 Å². The van der Waals surface area contributed by atoms with Crippen LogP contribution >= 0.6 is 0 Å². The van der Waals surface area contributed by atoms with E-state index in [0.717, 1.165) is 30.5 Å². The highest BCUT2D eigenvalue weighted by molar-refractivity contribution is 5.79. The second kappa shape index (κ2) is 7.36. The molecule has 140 valence electrons. The SMILES string of the molecule is Cn1c(N2CCC(C(=O)N3CCCCC3)CC2)c(C#N)c(=O)n(C)c1=O. The molecule has 2 saturated heterocycles. The van der Waals surface area contributed by atoms with Crippen molar-refractivity contribution in [3.8, 4) is 6.07 Å². The number of nitrogens with zero attached hydrogens (tertiary/aromatic N) is 5. The third kappa shape index (κ3) is 3.14. The highest BCUT2D eigenvalue weighted by Crippen LogP contribution is 2.26. The molecule has 0 bridgehead atoms. The molecule has 0 aliphatic carbocycles. The quantitative estimate of drug-likeness (QED) is 0.751. The van der Waals surface area contributed by atoms with Crippen molar-refractivity contribution in [1.29, 1.82) is 5.26 Å². The maximum Gasteiger partial charge on any atom is 0.332 e. The van der Waals surface area contributed by atoms with Crippen LogP contribution in [0.1, 0.15) is 37.7 Å². The third-order valence-corrected chi connectivity index (χ3v) is 5.56. The summed E-state index contributed by atoms with van der Waals surface area (Å²) < 4.78 is 2.31. The maximum absolute atomic E-state index is 12.7. The topological polar surface area (TPSA) is 91.3 Å². The molecule has 8 heteroatoms. The first-order valence-electron chi connectivity index (χ1n) is 9.19. The van der Waals surface area contributed by atoms with E-state index in [1.54, 1.807) is 7.05 Å². The highest BCUT2D eigenvalue weighted by Gasteiger charge is 2.31. The lowest BCUT2D eigenvalue weighted by atomic mass is 9.94. The minimum Gasteiger partial charge on any atom is -0.357 e.